The molecular weight excluding hydrogens is 462 g/mol. The van der Waals surface area contributed by atoms with Crippen LogP contribution >= 0.6 is 0 Å². The standard InChI is InChI=1S/C31H37N3O3/c1-31(21-27(31)24-16-18-26(37-2)19-17-24)33-20-10-9-15-28(34-29(35)25-13-7-4-8-14-25)30(36)32-22-23-11-5-3-6-12-23/h3-8,11-14,16-19,27-28,33H,9-10,15,20-22H2,1-2H3,(H,32,36)(H,34,35). The minimum Gasteiger partial charge on any atom is -0.497 e. The summed E-state index contributed by atoms with van der Waals surface area (Å²) in [6, 6.07) is 26.5. The normalized spacial score (nSPS) is 19.0. The van der Waals surface area contributed by atoms with Gasteiger partial charge in [-0.25, -0.2) is 0 Å². The third-order valence-electron chi connectivity index (χ3n) is 7.17. The molecule has 3 aromatic carbocycles. The Morgan fingerprint density at radius 3 is 2.30 bits per heavy atom. The molecule has 0 aromatic heterocycles. The van der Waals surface area contributed by atoms with Gasteiger partial charge in [0.25, 0.3) is 5.91 Å². The van der Waals surface area contributed by atoms with Crippen molar-refractivity contribution in [1.82, 2.24) is 16.0 Å². The van der Waals surface area contributed by atoms with Gasteiger partial charge in [0.15, 0.2) is 0 Å². The first-order valence-corrected chi connectivity index (χ1v) is 13.0. The molecular formula is C31H37N3O3. The van der Waals surface area contributed by atoms with Crippen molar-refractivity contribution < 1.29 is 14.3 Å². The quantitative estimate of drug-likeness (QED) is 0.295. The Hall–Kier alpha value is -3.64. The zero-order chi connectivity index (χ0) is 26.1. The van der Waals surface area contributed by atoms with Crippen LogP contribution in [0, 0.1) is 0 Å². The Bertz CT molecular complexity index is 1150. The molecule has 0 spiro atoms. The Balaban J connectivity index is 1.26. The van der Waals surface area contributed by atoms with Gasteiger partial charge in [-0.15, -0.1) is 0 Å². The number of benzene rings is 3. The van der Waals surface area contributed by atoms with Crippen molar-refractivity contribution in [3.63, 3.8) is 0 Å². The summed E-state index contributed by atoms with van der Waals surface area (Å²) in [5.41, 5.74) is 3.01. The SMILES string of the molecule is COc1ccc(C2CC2(C)NCCCCC(NC(=O)c2ccccc2)C(=O)NCc2ccccc2)cc1. The molecule has 0 heterocycles. The van der Waals surface area contributed by atoms with E-state index in [1.165, 1.54) is 5.56 Å². The highest BCUT2D eigenvalue weighted by Crippen LogP contribution is 2.51. The van der Waals surface area contributed by atoms with E-state index in [4.69, 9.17) is 4.74 Å². The lowest BCUT2D eigenvalue weighted by Crippen LogP contribution is -2.46. The molecule has 1 aliphatic carbocycles. The zero-order valence-electron chi connectivity index (χ0n) is 21.7. The fourth-order valence-corrected chi connectivity index (χ4v) is 4.74. The van der Waals surface area contributed by atoms with Gasteiger partial charge in [0.05, 0.1) is 7.11 Å². The van der Waals surface area contributed by atoms with Gasteiger partial charge in [-0.3, -0.25) is 9.59 Å². The summed E-state index contributed by atoms with van der Waals surface area (Å²) < 4.78 is 5.27. The lowest BCUT2D eigenvalue weighted by atomic mass is 10.1. The molecule has 0 bridgehead atoms. The predicted octanol–water partition coefficient (Wildman–Crippen LogP) is 4.82. The molecule has 3 N–H and O–H groups in total. The van der Waals surface area contributed by atoms with Crippen LogP contribution in [0.5, 0.6) is 5.75 Å². The van der Waals surface area contributed by atoms with Crippen LogP contribution in [0.15, 0.2) is 84.9 Å². The van der Waals surface area contributed by atoms with Crippen LogP contribution < -0.4 is 20.7 Å². The van der Waals surface area contributed by atoms with Gasteiger partial charge in [0.2, 0.25) is 5.91 Å². The summed E-state index contributed by atoms with van der Waals surface area (Å²) in [6.07, 6.45) is 3.44. The third-order valence-corrected chi connectivity index (χ3v) is 7.17. The fraction of sp³-hybridized carbons (Fsp3) is 0.355. The number of methoxy groups -OCH3 is 1. The summed E-state index contributed by atoms with van der Waals surface area (Å²) in [6.45, 7) is 3.57. The monoisotopic (exact) mass is 499 g/mol. The van der Waals surface area contributed by atoms with Crippen molar-refractivity contribution >= 4 is 11.8 Å². The van der Waals surface area contributed by atoms with Crippen LogP contribution in [0.3, 0.4) is 0 Å². The van der Waals surface area contributed by atoms with Crippen molar-refractivity contribution in [2.45, 2.75) is 56.7 Å². The lowest BCUT2D eigenvalue weighted by Gasteiger charge is -2.19. The number of ether oxygens (including phenoxy) is 1. The highest BCUT2D eigenvalue weighted by Gasteiger charge is 2.50. The second-order valence-corrected chi connectivity index (χ2v) is 9.97. The zero-order valence-corrected chi connectivity index (χ0v) is 21.7. The first-order chi connectivity index (χ1) is 18.0. The lowest BCUT2D eigenvalue weighted by molar-refractivity contribution is -0.123. The molecule has 1 aliphatic rings. The van der Waals surface area contributed by atoms with Gasteiger partial charge in [-0.2, -0.15) is 0 Å². The summed E-state index contributed by atoms with van der Waals surface area (Å²) in [4.78, 5) is 25.8. The molecule has 3 aromatic rings. The first-order valence-electron chi connectivity index (χ1n) is 13.0. The molecule has 1 saturated carbocycles. The fourth-order valence-electron chi connectivity index (χ4n) is 4.74. The molecule has 6 heteroatoms. The molecule has 0 radical (unpaired) electrons. The average molecular weight is 500 g/mol. The number of carbonyl (C=O) groups excluding carboxylic acids is 2. The molecule has 0 aliphatic heterocycles. The van der Waals surface area contributed by atoms with E-state index in [2.05, 4.69) is 35.0 Å². The van der Waals surface area contributed by atoms with Gasteiger partial charge in [0.1, 0.15) is 11.8 Å². The maximum absolute atomic E-state index is 13.0. The van der Waals surface area contributed by atoms with Crippen molar-refractivity contribution in [1.29, 1.82) is 0 Å². The van der Waals surface area contributed by atoms with E-state index < -0.39 is 6.04 Å². The highest BCUT2D eigenvalue weighted by atomic mass is 16.5. The maximum Gasteiger partial charge on any atom is 0.251 e. The Kier molecular flexibility index (Phi) is 8.96. The van der Waals surface area contributed by atoms with E-state index in [0.717, 1.165) is 37.1 Å². The van der Waals surface area contributed by atoms with Gasteiger partial charge >= 0.3 is 0 Å². The van der Waals surface area contributed by atoms with Crippen LogP contribution in [0.25, 0.3) is 0 Å². The minimum atomic E-state index is -0.583. The van der Waals surface area contributed by atoms with Crippen molar-refractivity contribution in [2.24, 2.45) is 0 Å². The van der Waals surface area contributed by atoms with Gasteiger partial charge in [-0.05, 0) is 74.5 Å². The van der Waals surface area contributed by atoms with E-state index >= 15 is 0 Å². The molecule has 194 valence electrons. The third kappa shape index (κ3) is 7.43. The molecule has 4 rings (SSSR count). The Labute approximate surface area is 219 Å². The number of amides is 2. The molecule has 0 saturated heterocycles. The van der Waals surface area contributed by atoms with E-state index in [9.17, 15) is 9.59 Å². The largest absolute Gasteiger partial charge is 0.497 e. The minimum absolute atomic E-state index is 0.0998. The topological polar surface area (TPSA) is 79.5 Å². The molecule has 3 unspecified atom stereocenters. The van der Waals surface area contributed by atoms with Crippen LogP contribution in [-0.4, -0.2) is 37.0 Å². The predicted molar refractivity (Wildman–Crippen MR) is 147 cm³/mol. The van der Waals surface area contributed by atoms with Gasteiger partial charge in [0, 0.05) is 23.6 Å². The van der Waals surface area contributed by atoms with Gasteiger partial charge in [-0.1, -0.05) is 60.7 Å². The summed E-state index contributed by atoms with van der Waals surface area (Å²) in [7, 11) is 1.68. The number of unbranched alkanes of at least 4 members (excludes halogenated alkanes) is 1. The maximum atomic E-state index is 13.0. The number of nitrogens with one attached hydrogen (secondary N) is 3. The van der Waals surface area contributed by atoms with Crippen molar-refractivity contribution in [3.05, 3.63) is 102 Å². The van der Waals surface area contributed by atoms with E-state index in [-0.39, 0.29) is 17.4 Å². The summed E-state index contributed by atoms with van der Waals surface area (Å²) >= 11 is 0. The van der Waals surface area contributed by atoms with E-state index in [0.29, 0.717) is 24.4 Å². The van der Waals surface area contributed by atoms with E-state index in [1.807, 2.05) is 60.7 Å². The van der Waals surface area contributed by atoms with E-state index in [1.54, 1.807) is 19.2 Å². The van der Waals surface area contributed by atoms with Crippen LogP contribution in [-0.2, 0) is 11.3 Å². The second-order valence-electron chi connectivity index (χ2n) is 9.97. The first kappa shape index (κ1) is 26.4. The number of hydrogen-bond acceptors (Lipinski definition) is 4. The summed E-state index contributed by atoms with van der Waals surface area (Å²) in [5, 5.41) is 9.64. The second kappa shape index (κ2) is 12.5. The average Bonchev–Trinajstić information content (AvgIpc) is 3.62. The van der Waals surface area contributed by atoms with Crippen LogP contribution in [0.1, 0.15) is 60.0 Å². The number of carbonyl (C=O) groups is 2. The molecule has 1 fully saturated rings. The molecule has 2 amide bonds. The van der Waals surface area contributed by atoms with Crippen molar-refractivity contribution in [3.8, 4) is 5.75 Å². The Morgan fingerprint density at radius 2 is 1.62 bits per heavy atom. The van der Waals surface area contributed by atoms with Crippen molar-refractivity contribution in [2.75, 3.05) is 13.7 Å². The van der Waals surface area contributed by atoms with Crippen LogP contribution in [0.4, 0.5) is 0 Å². The number of hydrogen-bond donors (Lipinski definition) is 3. The smallest absolute Gasteiger partial charge is 0.251 e. The van der Waals surface area contributed by atoms with Gasteiger partial charge < -0.3 is 20.7 Å². The Morgan fingerprint density at radius 1 is 0.946 bits per heavy atom. The molecule has 3 atom stereocenters. The van der Waals surface area contributed by atoms with Crippen LogP contribution in [0.2, 0.25) is 0 Å². The molecule has 37 heavy (non-hydrogen) atoms. The highest BCUT2D eigenvalue weighted by molar-refractivity contribution is 5.97. The molecule has 6 nitrogen and oxygen atoms in total. The summed E-state index contributed by atoms with van der Waals surface area (Å²) in [5.74, 6) is 0.988. The number of rotatable bonds is 13.